The first kappa shape index (κ1) is 22.0. The monoisotopic (exact) mass is 461 g/mol. The molecule has 2 aromatic rings. The minimum atomic E-state index is -0.916. The molecule has 6 rings (SSSR count). The van der Waals surface area contributed by atoms with E-state index in [1.165, 1.54) is 57.8 Å². The molecule has 2 saturated heterocycles. The molecule has 4 aliphatic rings. The van der Waals surface area contributed by atoms with E-state index in [2.05, 4.69) is 9.88 Å². The first-order valence-electron chi connectivity index (χ1n) is 13.2. The van der Waals surface area contributed by atoms with Crippen molar-refractivity contribution in [3.05, 3.63) is 40.3 Å². The lowest BCUT2D eigenvalue weighted by Crippen LogP contribution is -2.58. The van der Waals surface area contributed by atoms with Crippen LogP contribution in [0.15, 0.2) is 29.1 Å². The van der Waals surface area contributed by atoms with Crippen LogP contribution in [-0.4, -0.2) is 44.2 Å². The number of nitrogens with two attached hydrogens (primary N) is 1. The van der Waals surface area contributed by atoms with Gasteiger partial charge < -0.3 is 10.3 Å². The number of para-hydroxylation sites is 2. The van der Waals surface area contributed by atoms with Crippen molar-refractivity contribution in [3.8, 4) is 0 Å². The molecule has 3 heterocycles. The summed E-state index contributed by atoms with van der Waals surface area (Å²) in [5.41, 5.74) is 5.80. The Morgan fingerprint density at radius 2 is 1.53 bits per heavy atom. The molecule has 7 nitrogen and oxygen atoms in total. The number of hydrogen-bond donors (Lipinski definition) is 2. The van der Waals surface area contributed by atoms with Gasteiger partial charge in [-0.05, 0) is 68.9 Å². The minimum absolute atomic E-state index is 0.0504. The molecule has 1 aromatic carbocycles. The maximum absolute atomic E-state index is 13.6. The standard InChI is InChI=1S/C27H35N5O2/c28-24(26(29)33)25-27(34)32(23-10-2-1-9-22(23)30-25)21-14-18-7-4-8-19(15-21)31(18)20-12-16-5-3-6-17(11-16)13-20/h1-2,9-10,16-21,28H,3-8,11-15H2,(H2,29,33)/t16?,17?,18-,19+,20?,21?. The number of hydrogen-bond acceptors (Lipinski definition) is 5. The average Bonchev–Trinajstić information content (AvgIpc) is 2.82. The van der Waals surface area contributed by atoms with Gasteiger partial charge in [-0.2, -0.15) is 0 Å². The van der Waals surface area contributed by atoms with Crippen LogP contribution in [0.3, 0.4) is 0 Å². The van der Waals surface area contributed by atoms with Gasteiger partial charge in [-0.1, -0.05) is 37.8 Å². The molecule has 7 heteroatoms. The molecule has 5 atom stereocenters. The van der Waals surface area contributed by atoms with Crippen LogP contribution in [0.25, 0.3) is 11.0 Å². The molecular formula is C27H35N5O2. The summed E-state index contributed by atoms with van der Waals surface area (Å²) in [4.78, 5) is 32.6. The van der Waals surface area contributed by atoms with Crippen molar-refractivity contribution in [1.82, 2.24) is 14.5 Å². The van der Waals surface area contributed by atoms with Crippen molar-refractivity contribution in [1.29, 1.82) is 5.41 Å². The van der Waals surface area contributed by atoms with Gasteiger partial charge in [0.2, 0.25) is 0 Å². The third kappa shape index (κ3) is 3.69. The summed E-state index contributed by atoms with van der Waals surface area (Å²) < 4.78 is 1.84. The third-order valence-electron chi connectivity index (χ3n) is 9.17. The van der Waals surface area contributed by atoms with Gasteiger partial charge >= 0.3 is 0 Å². The molecule has 0 radical (unpaired) electrons. The first-order valence-corrected chi connectivity index (χ1v) is 13.2. The van der Waals surface area contributed by atoms with Gasteiger partial charge in [0.25, 0.3) is 11.5 Å². The van der Waals surface area contributed by atoms with E-state index in [4.69, 9.17) is 11.1 Å². The number of nitrogens with zero attached hydrogens (tertiary/aromatic N) is 3. The largest absolute Gasteiger partial charge is 0.364 e. The molecule has 0 spiro atoms. The number of nitrogens with one attached hydrogen (secondary N) is 1. The van der Waals surface area contributed by atoms with Crippen molar-refractivity contribution in [2.24, 2.45) is 17.6 Å². The molecule has 3 N–H and O–H groups in total. The number of amides is 1. The molecule has 2 aliphatic heterocycles. The summed E-state index contributed by atoms with van der Waals surface area (Å²) in [7, 11) is 0. The maximum atomic E-state index is 13.6. The molecular weight excluding hydrogens is 426 g/mol. The van der Waals surface area contributed by atoms with Gasteiger partial charge in [-0.15, -0.1) is 0 Å². The second-order valence-corrected chi connectivity index (χ2v) is 11.2. The highest BCUT2D eigenvalue weighted by atomic mass is 16.1. The van der Waals surface area contributed by atoms with E-state index < -0.39 is 11.6 Å². The summed E-state index contributed by atoms with van der Waals surface area (Å²) in [6.45, 7) is 0. The number of rotatable bonds is 4. The normalized spacial score (nSPS) is 33.5. The molecule has 4 fully saturated rings. The molecule has 4 bridgehead atoms. The number of piperidine rings is 2. The lowest BCUT2D eigenvalue weighted by atomic mass is 9.68. The van der Waals surface area contributed by atoms with E-state index in [1.54, 1.807) is 0 Å². The smallest absolute Gasteiger partial charge is 0.279 e. The Labute approximate surface area is 200 Å². The fraction of sp³-hybridized carbons (Fsp3) is 0.630. The van der Waals surface area contributed by atoms with Gasteiger partial charge in [-0.3, -0.25) is 19.9 Å². The fourth-order valence-electron chi connectivity index (χ4n) is 7.93. The molecule has 1 amide bonds. The molecule has 2 aliphatic carbocycles. The summed E-state index contributed by atoms with van der Waals surface area (Å²) in [6.07, 6.45) is 13.9. The van der Waals surface area contributed by atoms with Crippen LogP contribution >= 0.6 is 0 Å². The van der Waals surface area contributed by atoms with Crippen LogP contribution in [0.4, 0.5) is 0 Å². The molecule has 180 valence electrons. The second-order valence-electron chi connectivity index (χ2n) is 11.2. The Morgan fingerprint density at radius 3 is 2.21 bits per heavy atom. The molecule has 34 heavy (non-hydrogen) atoms. The highest BCUT2D eigenvalue weighted by Gasteiger charge is 2.45. The third-order valence-corrected chi connectivity index (χ3v) is 9.17. The van der Waals surface area contributed by atoms with Gasteiger partial charge in [0.1, 0.15) is 0 Å². The highest BCUT2D eigenvalue weighted by molar-refractivity contribution is 6.43. The van der Waals surface area contributed by atoms with Crippen LogP contribution in [0.5, 0.6) is 0 Å². The number of benzene rings is 1. The van der Waals surface area contributed by atoms with Gasteiger partial charge in [0.05, 0.1) is 11.0 Å². The summed E-state index contributed by atoms with van der Waals surface area (Å²) in [5.74, 6) is 0.899. The van der Waals surface area contributed by atoms with Crippen molar-refractivity contribution in [2.45, 2.75) is 94.8 Å². The van der Waals surface area contributed by atoms with E-state index in [1.807, 2.05) is 28.8 Å². The Hall–Kier alpha value is -2.54. The topological polar surface area (TPSA) is 105 Å². The Balaban J connectivity index is 1.36. The molecule has 2 saturated carbocycles. The number of carbonyl (C=O) groups is 1. The summed E-state index contributed by atoms with van der Waals surface area (Å²) in [6, 6.07) is 9.33. The molecule has 1 aromatic heterocycles. The van der Waals surface area contributed by atoms with Crippen LogP contribution < -0.4 is 11.3 Å². The van der Waals surface area contributed by atoms with Gasteiger partial charge in [0, 0.05) is 24.2 Å². The number of carbonyl (C=O) groups excluding carboxylic acids is 1. The van der Waals surface area contributed by atoms with Gasteiger partial charge in [-0.25, -0.2) is 4.98 Å². The quantitative estimate of drug-likeness (QED) is 0.676. The van der Waals surface area contributed by atoms with E-state index in [-0.39, 0.29) is 17.3 Å². The molecule has 3 unspecified atom stereocenters. The van der Waals surface area contributed by atoms with Crippen molar-refractivity contribution < 1.29 is 4.79 Å². The van der Waals surface area contributed by atoms with Gasteiger partial charge in [0.15, 0.2) is 11.4 Å². The highest BCUT2D eigenvalue weighted by Crippen LogP contribution is 2.47. The Bertz CT molecular complexity index is 1160. The van der Waals surface area contributed by atoms with E-state index in [9.17, 15) is 9.59 Å². The zero-order valence-corrected chi connectivity index (χ0v) is 19.8. The van der Waals surface area contributed by atoms with Crippen LogP contribution in [-0.2, 0) is 4.79 Å². The number of fused-ring (bicyclic) bond motifs is 5. The first-order chi connectivity index (χ1) is 16.5. The second kappa shape index (κ2) is 8.59. The summed E-state index contributed by atoms with van der Waals surface area (Å²) in [5, 5.41) is 8.11. The maximum Gasteiger partial charge on any atom is 0.279 e. The minimum Gasteiger partial charge on any atom is -0.364 e. The van der Waals surface area contributed by atoms with Crippen LogP contribution in [0, 0.1) is 17.2 Å². The SMILES string of the molecule is N=C(C(N)=O)c1nc2ccccc2n(C2C[C@H]3CCC[C@@H](C2)N3C2CC3CCCC(C3)C2)c1=O. The van der Waals surface area contributed by atoms with Crippen LogP contribution in [0.2, 0.25) is 0 Å². The fourth-order valence-corrected chi connectivity index (χ4v) is 7.93. The van der Waals surface area contributed by atoms with E-state index in [0.717, 1.165) is 30.2 Å². The van der Waals surface area contributed by atoms with Crippen molar-refractivity contribution >= 4 is 22.7 Å². The van der Waals surface area contributed by atoms with Crippen molar-refractivity contribution in [3.63, 3.8) is 0 Å². The predicted molar refractivity (Wildman–Crippen MR) is 132 cm³/mol. The lowest BCUT2D eigenvalue weighted by Gasteiger charge is -2.55. The predicted octanol–water partition coefficient (Wildman–Crippen LogP) is 3.78. The van der Waals surface area contributed by atoms with Crippen molar-refractivity contribution in [2.75, 3.05) is 0 Å². The average molecular weight is 462 g/mol. The zero-order chi connectivity index (χ0) is 23.4. The number of aromatic nitrogens is 2. The van der Waals surface area contributed by atoms with E-state index >= 15 is 0 Å². The Kier molecular flexibility index (Phi) is 5.55. The van der Waals surface area contributed by atoms with E-state index in [0.29, 0.717) is 23.6 Å². The summed E-state index contributed by atoms with van der Waals surface area (Å²) >= 11 is 0. The Morgan fingerprint density at radius 1 is 0.882 bits per heavy atom. The lowest BCUT2D eigenvalue weighted by molar-refractivity contribution is -0.112. The number of primary amides is 1. The zero-order valence-electron chi connectivity index (χ0n) is 19.8. The van der Waals surface area contributed by atoms with Crippen LogP contribution in [0.1, 0.15) is 82.4 Å².